The summed E-state index contributed by atoms with van der Waals surface area (Å²) in [6, 6.07) is 0.0959. The molecule has 2 bridgehead atoms. The number of rotatable bonds is 0. The molecule has 1 aliphatic heterocycles. The molecule has 0 saturated heterocycles. The molecule has 0 aromatic carbocycles. The Morgan fingerprint density at radius 2 is 2.70 bits per heavy atom. The molecule has 0 saturated carbocycles. The molecule has 1 atom stereocenters. The first-order valence-corrected chi connectivity index (χ1v) is 3.62. The fourth-order valence-electron chi connectivity index (χ4n) is 0.581. The van der Waals surface area contributed by atoms with Gasteiger partial charge < -0.3 is 4.52 Å². The summed E-state index contributed by atoms with van der Waals surface area (Å²) in [6.45, 7) is 0.127. The molecule has 2 heterocycles. The van der Waals surface area contributed by atoms with Crippen molar-refractivity contribution in [1.29, 1.82) is 0 Å². The van der Waals surface area contributed by atoms with Gasteiger partial charge in [0.2, 0.25) is 0 Å². The fourth-order valence-corrected chi connectivity index (χ4v) is 1.06. The van der Waals surface area contributed by atoms with Gasteiger partial charge in [-0.05, 0) is 0 Å². The minimum absolute atomic E-state index is 0.0959. The van der Waals surface area contributed by atoms with Crippen LogP contribution in [0.5, 0.6) is 6.01 Å². The number of hydrogen-bond donors (Lipinski definition) is 0. The Bertz CT molecular complexity index is 272. The smallest absolute Gasteiger partial charge is 0.359 e. The van der Waals surface area contributed by atoms with Crippen LogP contribution in [-0.2, 0) is 15.8 Å². The highest BCUT2D eigenvalue weighted by molar-refractivity contribution is 7.33. The van der Waals surface area contributed by atoms with Gasteiger partial charge in [-0.1, -0.05) is 0 Å². The van der Waals surface area contributed by atoms with E-state index in [4.69, 9.17) is 0 Å². The van der Waals surface area contributed by atoms with E-state index in [2.05, 4.69) is 19.1 Å². The lowest BCUT2D eigenvalue weighted by Gasteiger charge is -1.96. The third-order valence-electron chi connectivity index (χ3n) is 0.967. The van der Waals surface area contributed by atoms with Gasteiger partial charge in [-0.3, -0.25) is 0 Å². The molecule has 6 nitrogen and oxygen atoms in total. The summed E-state index contributed by atoms with van der Waals surface area (Å²) in [6.07, 6.45) is 1.44. The van der Waals surface area contributed by atoms with Crippen LogP contribution in [0.3, 0.4) is 0 Å². The molecule has 2 rings (SSSR count). The van der Waals surface area contributed by atoms with E-state index in [1.54, 1.807) is 0 Å². The maximum absolute atomic E-state index is 10.6. The first-order chi connectivity index (χ1) is 4.84. The molecule has 1 unspecified atom stereocenters. The largest absolute Gasteiger partial charge is 0.433 e. The van der Waals surface area contributed by atoms with E-state index in [1.807, 2.05) is 0 Å². The minimum Gasteiger partial charge on any atom is -0.359 e. The Balaban J connectivity index is 2.37. The van der Waals surface area contributed by atoms with Crippen LogP contribution in [0.4, 0.5) is 0 Å². The number of hydrogen-bond acceptors (Lipinski definition) is 5. The van der Waals surface area contributed by atoms with Gasteiger partial charge in [-0.2, -0.15) is 4.98 Å². The van der Waals surface area contributed by atoms with Crippen molar-refractivity contribution in [1.82, 2.24) is 14.8 Å². The van der Waals surface area contributed by atoms with Gasteiger partial charge in [0.15, 0.2) is 6.73 Å². The quantitative estimate of drug-likeness (QED) is 0.510. The molecule has 0 spiro atoms. The Kier molecular flexibility index (Phi) is 1.15. The third-order valence-corrected chi connectivity index (χ3v) is 1.61. The second kappa shape index (κ2) is 2.00. The van der Waals surface area contributed by atoms with Crippen molar-refractivity contribution >= 4 is 8.25 Å². The van der Waals surface area contributed by atoms with Crippen LogP contribution in [0.15, 0.2) is 6.33 Å². The lowest BCUT2D eigenvalue weighted by molar-refractivity contribution is 0.219. The summed E-state index contributed by atoms with van der Waals surface area (Å²) in [7, 11) is -2.07. The zero-order valence-corrected chi connectivity index (χ0v) is 5.69. The van der Waals surface area contributed by atoms with Gasteiger partial charge in [-0.15, -0.1) is 5.10 Å². The highest BCUT2D eigenvalue weighted by atomic mass is 31.1. The number of fused-ring (bicyclic) bond motifs is 2. The average Bonchev–Trinajstić information content (AvgIpc) is 2.22. The van der Waals surface area contributed by atoms with E-state index in [-0.39, 0.29) is 12.7 Å². The molecule has 1 radical (unpaired) electrons. The van der Waals surface area contributed by atoms with Crippen LogP contribution in [0, 0.1) is 0 Å². The van der Waals surface area contributed by atoms with E-state index in [0.717, 1.165) is 0 Å². The van der Waals surface area contributed by atoms with Crippen molar-refractivity contribution in [3.8, 4) is 6.01 Å². The molecular weight excluding hydrogens is 157 g/mol. The molecule has 1 aromatic heterocycles. The molecule has 0 fully saturated rings. The third kappa shape index (κ3) is 0.872. The van der Waals surface area contributed by atoms with Gasteiger partial charge >= 0.3 is 14.3 Å². The van der Waals surface area contributed by atoms with E-state index < -0.39 is 8.25 Å². The second-order valence-electron chi connectivity index (χ2n) is 1.64. The monoisotopic (exact) mass is 160 g/mol. The average molecular weight is 160 g/mol. The van der Waals surface area contributed by atoms with Gasteiger partial charge in [-0.25, -0.2) is 13.8 Å². The first-order valence-electron chi connectivity index (χ1n) is 2.52. The van der Waals surface area contributed by atoms with E-state index in [1.165, 1.54) is 11.0 Å². The second-order valence-corrected chi connectivity index (χ2v) is 2.53. The molecule has 0 amide bonds. The predicted octanol–water partition coefficient (Wildman–Crippen LogP) is 0.302. The van der Waals surface area contributed by atoms with Gasteiger partial charge in [0.25, 0.3) is 0 Å². The van der Waals surface area contributed by atoms with Crippen molar-refractivity contribution < 1.29 is 13.6 Å². The molecule has 0 aliphatic carbocycles. The lowest BCUT2D eigenvalue weighted by Crippen LogP contribution is -1.96. The number of nitrogens with zero attached hydrogens (tertiary/aromatic N) is 3. The lowest BCUT2D eigenvalue weighted by atomic mass is 11.1. The van der Waals surface area contributed by atoms with Crippen molar-refractivity contribution in [3.05, 3.63) is 6.33 Å². The zero-order chi connectivity index (χ0) is 6.97. The maximum atomic E-state index is 10.6. The fraction of sp³-hybridized carbons (Fsp3) is 0.333. The molecular formula is C3H3N3O3P. The predicted molar refractivity (Wildman–Crippen MR) is 29.3 cm³/mol. The van der Waals surface area contributed by atoms with Gasteiger partial charge in [0.1, 0.15) is 6.33 Å². The molecule has 1 aliphatic rings. The summed E-state index contributed by atoms with van der Waals surface area (Å²) in [5.74, 6) is 0. The Morgan fingerprint density at radius 3 is 3.60 bits per heavy atom. The Labute approximate surface area is 56.7 Å². The molecule has 1 aromatic rings. The number of aromatic nitrogens is 3. The molecule has 0 N–H and O–H groups in total. The van der Waals surface area contributed by atoms with Gasteiger partial charge in [0, 0.05) is 0 Å². The summed E-state index contributed by atoms with van der Waals surface area (Å²) >= 11 is 0. The summed E-state index contributed by atoms with van der Waals surface area (Å²) in [4.78, 5) is 3.67. The maximum Gasteiger partial charge on any atom is 0.433 e. The van der Waals surface area contributed by atoms with Crippen LogP contribution in [0.1, 0.15) is 0 Å². The summed E-state index contributed by atoms with van der Waals surface area (Å²) in [5.41, 5.74) is 0. The molecule has 7 heteroatoms. The van der Waals surface area contributed by atoms with Crippen LogP contribution < -0.4 is 4.52 Å². The van der Waals surface area contributed by atoms with E-state index >= 15 is 0 Å². The molecule has 10 heavy (non-hydrogen) atoms. The molecule has 53 valence electrons. The van der Waals surface area contributed by atoms with Crippen molar-refractivity contribution in [2.75, 3.05) is 0 Å². The minimum atomic E-state index is -2.07. The SMILES string of the molecule is O=[P]1OCn2cnc(n2)O1. The van der Waals surface area contributed by atoms with Crippen molar-refractivity contribution in [2.45, 2.75) is 6.73 Å². The van der Waals surface area contributed by atoms with Crippen LogP contribution >= 0.6 is 8.25 Å². The summed E-state index contributed by atoms with van der Waals surface area (Å²) in [5, 5.41) is 3.73. The van der Waals surface area contributed by atoms with Crippen LogP contribution in [0.2, 0.25) is 0 Å². The first kappa shape index (κ1) is 5.76. The topological polar surface area (TPSA) is 66.2 Å². The van der Waals surface area contributed by atoms with E-state index in [0.29, 0.717) is 0 Å². The Hall–Kier alpha value is -1.00. The van der Waals surface area contributed by atoms with Crippen LogP contribution in [-0.4, -0.2) is 14.8 Å². The summed E-state index contributed by atoms with van der Waals surface area (Å²) < 4.78 is 21.2. The van der Waals surface area contributed by atoms with Crippen molar-refractivity contribution in [2.24, 2.45) is 0 Å². The normalized spacial score (nSPS) is 19.8. The zero-order valence-electron chi connectivity index (χ0n) is 4.80. The standard InChI is InChI=1S/C3H3N3O3P/c7-10-8-2-6-1-4-3(5-6)9-10/h1H,2H2. The van der Waals surface area contributed by atoms with Gasteiger partial charge in [0.05, 0.1) is 0 Å². The highest BCUT2D eigenvalue weighted by Gasteiger charge is 2.14. The Morgan fingerprint density at radius 1 is 1.80 bits per heavy atom. The van der Waals surface area contributed by atoms with Crippen LogP contribution in [0.25, 0.3) is 0 Å². The highest BCUT2D eigenvalue weighted by Crippen LogP contribution is 2.27. The van der Waals surface area contributed by atoms with Crippen molar-refractivity contribution in [3.63, 3.8) is 0 Å². The van der Waals surface area contributed by atoms with E-state index in [9.17, 15) is 4.57 Å².